The molecule has 166 valence electrons. The molecular weight excluding hydrogens is 392 g/mol. The molecule has 2 atom stereocenters. The molecule has 0 saturated carbocycles. The molecule has 1 saturated heterocycles. The number of carboxylic acid groups (broad SMARTS) is 1. The van der Waals surface area contributed by atoms with E-state index < -0.39 is 12.1 Å². The summed E-state index contributed by atoms with van der Waals surface area (Å²) in [5.41, 5.74) is 1.97. The predicted octanol–water partition coefficient (Wildman–Crippen LogP) is 4.15. The lowest BCUT2D eigenvalue weighted by atomic mass is 10.0. The molecule has 0 spiro atoms. The third-order valence-electron chi connectivity index (χ3n) is 5.75. The molecule has 2 aromatic rings. The number of likely N-dealkylation sites (tertiary alicyclic amines) is 1. The number of hydrogen-bond donors (Lipinski definition) is 2. The summed E-state index contributed by atoms with van der Waals surface area (Å²) in [6.07, 6.45) is 11.9. The smallest absolute Gasteiger partial charge is 0.303 e. The fourth-order valence-corrected chi connectivity index (χ4v) is 4.06. The maximum atomic E-state index is 12.3. The maximum Gasteiger partial charge on any atom is 0.303 e. The van der Waals surface area contributed by atoms with Crippen LogP contribution in [0.1, 0.15) is 62.2 Å². The third kappa shape index (κ3) is 7.10. The van der Waals surface area contributed by atoms with Gasteiger partial charge in [-0.1, -0.05) is 49.3 Å². The number of aliphatic hydroxyl groups excluding tert-OH is 1. The van der Waals surface area contributed by atoms with Gasteiger partial charge in [0.1, 0.15) is 0 Å². The number of aliphatic carboxylic acids is 1. The van der Waals surface area contributed by atoms with Crippen LogP contribution in [-0.4, -0.2) is 44.1 Å². The molecular formula is C25H32N2O4. The molecule has 6 nitrogen and oxygen atoms in total. The van der Waals surface area contributed by atoms with Crippen molar-refractivity contribution in [3.05, 3.63) is 72.1 Å². The van der Waals surface area contributed by atoms with Crippen LogP contribution in [0.15, 0.2) is 60.9 Å². The number of carbonyl (C=O) groups excluding carboxylic acids is 1. The van der Waals surface area contributed by atoms with Gasteiger partial charge in [0.05, 0.1) is 12.1 Å². The molecule has 6 heteroatoms. The summed E-state index contributed by atoms with van der Waals surface area (Å²) in [4.78, 5) is 24.7. The lowest BCUT2D eigenvalue weighted by Gasteiger charge is -2.22. The zero-order valence-electron chi connectivity index (χ0n) is 17.9. The van der Waals surface area contributed by atoms with Crippen molar-refractivity contribution in [1.29, 1.82) is 0 Å². The van der Waals surface area contributed by atoms with Gasteiger partial charge in [-0.3, -0.25) is 9.59 Å². The number of aliphatic hydroxyl groups is 1. The second kappa shape index (κ2) is 11.5. The summed E-state index contributed by atoms with van der Waals surface area (Å²) in [6.45, 7) is 1.44. The maximum absolute atomic E-state index is 12.3. The highest BCUT2D eigenvalue weighted by atomic mass is 16.4. The second-order valence-electron chi connectivity index (χ2n) is 8.18. The molecule has 2 heterocycles. The van der Waals surface area contributed by atoms with Gasteiger partial charge in [-0.2, -0.15) is 0 Å². The third-order valence-corrected chi connectivity index (χ3v) is 5.75. The summed E-state index contributed by atoms with van der Waals surface area (Å²) in [5, 5.41) is 19.3. The predicted molar refractivity (Wildman–Crippen MR) is 120 cm³/mol. The molecule has 1 aromatic heterocycles. The number of benzene rings is 1. The summed E-state index contributed by atoms with van der Waals surface area (Å²) < 4.78 is 2.09. The van der Waals surface area contributed by atoms with Gasteiger partial charge in [-0.15, -0.1) is 0 Å². The number of amides is 1. The Kier molecular flexibility index (Phi) is 8.47. The fourth-order valence-electron chi connectivity index (χ4n) is 4.06. The van der Waals surface area contributed by atoms with Crippen LogP contribution < -0.4 is 0 Å². The van der Waals surface area contributed by atoms with Crippen molar-refractivity contribution in [1.82, 2.24) is 9.47 Å². The van der Waals surface area contributed by atoms with Crippen molar-refractivity contribution in [2.75, 3.05) is 6.54 Å². The van der Waals surface area contributed by atoms with Crippen LogP contribution >= 0.6 is 0 Å². The van der Waals surface area contributed by atoms with E-state index in [0.717, 1.165) is 43.4 Å². The summed E-state index contributed by atoms with van der Waals surface area (Å²) in [7, 11) is 0. The van der Waals surface area contributed by atoms with E-state index in [-0.39, 0.29) is 18.4 Å². The van der Waals surface area contributed by atoms with Gasteiger partial charge in [-0.05, 0) is 42.5 Å². The number of nitrogens with zero attached hydrogens (tertiary/aromatic N) is 2. The lowest BCUT2D eigenvalue weighted by molar-refractivity contribution is -0.137. The average molecular weight is 425 g/mol. The topological polar surface area (TPSA) is 82.8 Å². The van der Waals surface area contributed by atoms with E-state index in [9.17, 15) is 14.7 Å². The number of aromatic nitrogens is 1. The zero-order chi connectivity index (χ0) is 22.1. The first-order valence-corrected chi connectivity index (χ1v) is 11.1. The Morgan fingerprint density at radius 2 is 1.90 bits per heavy atom. The van der Waals surface area contributed by atoms with Gasteiger partial charge in [0, 0.05) is 38.3 Å². The van der Waals surface area contributed by atoms with E-state index in [1.54, 1.807) is 6.08 Å². The van der Waals surface area contributed by atoms with E-state index in [4.69, 9.17) is 5.11 Å². The molecule has 0 aliphatic carbocycles. The van der Waals surface area contributed by atoms with Gasteiger partial charge in [0.25, 0.3) is 0 Å². The highest BCUT2D eigenvalue weighted by Crippen LogP contribution is 2.23. The van der Waals surface area contributed by atoms with Crippen molar-refractivity contribution in [3.63, 3.8) is 0 Å². The molecule has 1 aliphatic heterocycles. The monoisotopic (exact) mass is 424 g/mol. The van der Waals surface area contributed by atoms with Crippen molar-refractivity contribution in [3.8, 4) is 0 Å². The minimum absolute atomic E-state index is 0.0178. The number of hydrogen-bond acceptors (Lipinski definition) is 3. The molecule has 1 aromatic carbocycles. The standard InChI is InChI=1S/C25H32N2O4/c28-23(21-9-7-8-20(18-21)19-26-15-5-6-16-26)13-11-22-12-14-24(29)27(22)17-4-2-1-3-10-25(30)31/h5-9,11,13,15-16,18,22-23,28H,1-4,10,12,14,17,19H2,(H,30,31)/t22-,23?/m0/s1. The molecule has 0 bridgehead atoms. The lowest BCUT2D eigenvalue weighted by Crippen LogP contribution is -2.32. The Balaban J connectivity index is 1.51. The highest BCUT2D eigenvalue weighted by Gasteiger charge is 2.28. The van der Waals surface area contributed by atoms with Crippen molar-refractivity contribution >= 4 is 11.9 Å². The van der Waals surface area contributed by atoms with Crippen LogP contribution in [0.5, 0.6) is 0 Å². The average Bonchev–Trinajstić information content (AvgIpc) is 3.38. The summed E-state index contributed by atoms with van der Waals surface area (Å²) in [5.74, 6) is -0.600. The number of unbranched alkanes of at least 4 members (excludes halogenated alkanes) is 3. The first kappa shape index (κ1) is 22.8. The Bertz CT molecular complexity index is 875. The first-order chi connectivity index (χ1) is 15.0. The van der Waals surface area contributed by atoms with Gasteiger partial charge in [0.15, 0.2) is 0 Å². The van der Waals surface area contributed by atoms with Crippen LogP contribution in [0.25, 0.3) is 0 Å². The Morgan fingerprint density at radius 1 is 1.13 bits per heavy atom. The molecule has 1 aliphatic rings. The second-order valence-corrected chi connectivity index (χ2v) is 8.18. The van der Waals surface area contributed by atoms with Crippen LogP contribution in [0, 0.1) is 0 Å². The first-order valence-electron chi connectivity index (χ1n) is 11.1. The van der Waals surface area contributed by atoms with Crippen LogP contribution in [0.3, 0.4) is 0 Å². The fraction of sp³-hybridized carbons (Fsp3) is 0.440. The van der Waals surface area contributed by atoms with Gasteiger partial charge in [0.2, 0.25) is 5.91 Å². The molecule has 1 fully saturated rings. The molecule has 1 unspecified atom stereocenters. The Hall–Kier alpha value is -2.86. The van der Waals surface area contributed by atoms with Crippen LogP contribution in [0.4, 0.5) is 0 Å². The van der Waals surface area contributed by atoms with Crippen molar-refractivity contribution < 1.29 is 19.8 Å². The Morgan fingerprint density at radius 3 is 2.68 bits per heavy atom. The molecule has 3 rings (SSSR count). The van der Waals surface area contributed by atoms with E-state index in [1.165, 1.54) is 0 Å². The highest BCUT2D eigenvalue weighted by molar-refractivity contribution is 5.79. The summed E-state index contributed by atoms with van der Waals surface area (Å²) >= 11 is 0. The SMILES string of the molecule is O=C(O)CCCCCCN1C(=O)CC[C@@H]1C=CC(O)c1cccc(Cn2cccc2)c1. The molecule has 31 heavy (non-hydrogen) atoms. The zero-order valence-corrected chi connectivity index (χ0v) is 17.9. The minimum Gasteiger partial charge on any atom is -0.481 e. The van der Waals surface area contributed by atoms with E-state index >= 15 is 0 Å². The number of carbonyl (C=O) groups is 2. The van der Waals surface area contributed by atoms with E-state index in [2.05, 4.69) is 4.57 Å². The molecule has 1 amide bonds. The van der Waals surface area contributed by atoms with Gasteiger partial charge >= 0.3 is 5.97 Å². The number of rotatable bonds is 12. The van der Waals surface area contributed by atoms with Crippen LogP contribution in [0.2, 0.25) is 0 Å². The quantitative estimate of drug-likeness (QED) is 0.396. The molecule has 2 N–H and O–H groups in total. The van der Waals surface area contributed by atoms with E-state index in [0.29, 0.717) is 19.4 Å². The largest absolute Gasteiger partial charge is 0.481 e. The van der Waals surface area contributed by atoms with Crippen molar-refractivity contribution in [2.24, 2.45) is 0 Å². The molecule has 0 radical (unpaired) electrons. The minimum atomic E-state index is -0.756. The van der Waals surface area contributed by atoms with Gasteiger partial charge in [-0.25, -0.2) is 0 Å². The normalized spacial score (nSPS) is 17.5. The van der Waals surface area contributed by atoms with E-state index in [1.807, 2.05) is 59.8 Å². The van der Waals surface area contributed by atoms with Gasteiger partial charge < -0.3 is 19.7 Å². The van der Waals surface area contributed by atoms with Crippen molar-refractivity contribution in [2.45, 2.75) is 63.6 Å². The van der Waals surface area contributed by atoms with Crippen LogP contribution in [-0.2, 0) is 16.1 Å². The summed E-state index contributed by atoms with van der Waals surface area (Å²) in [6, 6.07) is 11.9. The Labute approximate surface area is 183 Å². The number of carboxylic acids is 1.